The molecule has 0 aromatic heterocycles. The predicted molar refractivity (Wildman–Crippen MR) is 37.6 cm³/mol. The van der Waals surface area contributed by atoms with Crippen molar-refractivity contribution in [2.24, 2.45) is 0 Å². The second kappa shape index (κ2) is 2.33. The highest BCUT2D eigenvalue weighted by atomic mass is 16.4. The maximum Gasteiger partial charge on any atom is 0.326 e. The Balaban J connectivity index is 2.66. The smallest absolute Gasteiger partial charge is 0.326 e. The van der Waals surface area contributed by atoms with E-state index in [1.807, 2.05) is 0 Å². The highest BCUT2D eigenvalue weighted by molar-refractivity contribution is 5.74. The molecule has 0 bridgehead atoms. The quantitative estimate of drug-likeness (QED) is 0.583. The average Bonchev–Trinajstić information content (AvgIpc) is 2.14. The number of hydrogen-bond donors (Lipinski definition) is 1. The Labute approximate surface area is 59.9 Å². The Kier molecular flexibility index (Phi) is 1.66. The minimum Gasteiger partial charge on any atom is -0.480 e. The number of likely N-dealkylation sites (N-methyl/N-ethyl adjacent to an activating group) is 1. The Morgan fingerprint density at radius 3 is 2.70 bits per heavy atom. The van der Waals surface area contributed by atoms with E-state index < -0.39 is 5.97 Å². The average molecular weight is 141 g/mol. The Morgan fingerprint density at radius 1 is 1.90 bits per heavy atom. The lowest BCUT2D eigenvalue weighted by atomic mass is 10.2. The van der Waals surface area contributed by atoms with Crippen LogP contribution < -0.4 is 0 Å². The first kappa shape index (κ1) is 7.12. The third kappa shape index (κ3) is 0.988. The molecular weight excluding hydrogens is 130 g/mol. The van der Waals surface area contributed by atoms with Crippen LogP contribution in [0.25, 0.3) is 0 Å². The summed E-state index contributed by atoms with van der Waals surface area (Å²) in [5.41, 5.74) is 0.924. The van der Waals surface area contributed by atoms with Crippen molar-refractivity contribution in [3.05, 3.63) is 12.3 Å². The molecule has 0 aromatic carbocycles. The zero-order valence-electron chi connectivity index (χ0n) is 6.00. The van der Waals surface area contributed by atoms with E-state index in [9.17, 15) is 4.79 Å². The van der Waals surface area contributed by atoms with Crippen LogP contribution in [0.1, 0.15) is 12.8 Å². The molecular formula is C7H11NO2. The van der Waals surface area contributed by atoms with Crippen LogP contribution in [0.3, 0.4) is 0 Å². The molecule has 1 aliphatic rings. The van der Waals surface area contributed by atoms with Crippen molar-refractivity contribution < 1.29 is 9.90 Å². The number of carboxylic acid groups (broad SMARTS) is 1. The number of hydrogen-bond acceptors (Lipinski definition) is 2. The fourth-order valence-corrected chi connectivity index (χ4v) is 1.18. The number of carboxylic acids is 1. The molecule has 0 saturated carbocycles. The van der Waals surface area contributed by atoms with Gasteiger partial charge in [0.15, 0.2) is 0 Å². The van der Waals surface area contributed by atoms with Gasteiger partial charge in [-0.05, 0) is 12.8 Å². The molecule has 1 aliphatic heterocycles. The van der Waals surface area contributed by atoms with Crippen molar-refractivity contribution in [1.29, 1.82) is 0 Å². The van der Waals surface area contributed by atoms with Crippen LogP contribution in [0.15, 0.2) is 12.3 Å². The third-order valence-electron chi connectivity index (χ3n) is 1.96. The van der Waals surface area contributed by atoms with Gasteiger partial charge >= 0.3 is 5.97 Å². The second-order valence-corrected chi connectivity index (χ2v) is 2.57. The van der Waals surface area contributed by atoms with E-state index in [2.05, 4.69) is 6.58 Å². The molecule has 10 heavy (non-hydrogen) atoms. The zero-order valence-corrected chi connectivity index (χ0v) is 6.00. The summed E-state index contributed by atoms with van der Waals surface area (Å²) in [7, 11) is 1.77. The molecule has 1 heterocycles. The van der Waals surface area contributed by atoms with Crippen LogP contribution in [0.5, 0.6) is 0 Å². The molecule has 3 nitrogen and oxygen atoms in total. The number of allylic oxidation sites excluding steroid dienone is 1. The van der Waals surface area contributed by atoms with E-state index in [0.29, 0.717) is 6.42 Å². The minimum absolute atomic E-state index is 0.340. The van der Waals surface area contributed by atoms with Gasteiger partial charge in [0, 0.05) is 12.7 Å². The van der Waals surface area contributed by atoms with E-state index in [4.69, 9.17) is 5.11 Å². The topological polar surface area (TPSA) is 40.5 Å². The Morgan fingerprint density at radius 2 is 2.50 bits per heavy atom. The lowest BCUT2D eigenvalue weighted by molar-refractivity contribution is -0.141. The molecule has 0 radical (unpaired) electrons. The van der Waals surface area contributed by atoms with Gasteiger partial charge in [0.25, 0.3) is 0 Å². The number of nitrogens with zero attached hydrogens (tertiary/aromatic N) is 1. The summed E-state index contributed by atoms with van der Waals surface area (Å²) in [6.45, 7) is 3.73. The molecule has 0 aliphatic carbocycles. The van der Waals surface area contributed by atoms with Crippen LogP contribution >= 0.6 is 0 Å². The van der Waals surface area contributed by atoms with Crippen molar-refractivity contribution in [1.82, 2.24) is 4.90 Å². The molecule has 1 atom stereocenters. The van der Waals surface area contributed by atoms with Crippen molar-refractivity contribution >= 4 is 5.97 Å². The number of carbonyl (C=O) groups is 1. The molecule has 0 spiro atoms. The largest absolute Gasteiger partial charge is 0.480 e. The summed E-state index contributed by atoms with van der Waals surface area (Å²) in [4.78, 5) is 12.2. The number of aliphatic carboxylic acids is 1. The molecule has 1 fully saturated rings. The van der Waals surface area contributed by atoms with Crippen LogP contribution in [0.2, 0.25) is 0 Å². The predicted octanol–water partition coefficient (Wildman–Crippen LogP) is 0.679. The third-order valence-corrected chi connectivity index (χ3v) is 1.96. The van der Waals surface area contributed by atoms with E-state index in [1.165, 1.54) is 0 Å². The van der Waals surface area contributed by atoms with Gasteiger partial charge in [0.05, 0.1) is 0 Å². The Bertz CT molecular complexity index is 176. The van der Waals surface area contributed by atoms with Gasteiger partial charge in [-0.2, -0.15) is 0 Å². The molecule has 0 aromatic rings. The standard InChI is InChI=1S/C7H11NO2/c1-5-3-4-6(7(9)10)8(5)2/h6H,1,3-4H2,2H3,(H,9,10). The maximum atomic E-state index is 10.5. The summed E-state index contributed by atoms with van der Waals surface area (Å²) in [5.74, 6) is -0.749. The SMILES string of the molecule is C=C1CCC(C(=O)O)N1C. The van der Waals surface area contributed by atoms with E-state index in [1.54, 1.807) is 11.9 Å². The van der Waals surface area contributed by atoms with E-state index in [0.717, 1.165) is 12.1 Å². The van der Waals surface area contributed by atoms with Crippen LogP contribution in [0.4, 0.5) is 0 Å². The molecule has 56 valence electrons. The first-order valence-electron chi connectivity index (χ1n) is 3.26. The summed E-state index contributed by atoms with van der Waals surface area (Å²) in [6.07, 6.45) is 1.51. The summed E-state index contributed by atoms with van der Waals surface area (Å²) in [6, 6.07) is -0.340. The van der Waals surface area contributed by atoms with Gasteiger partial charge in [0.2, 0.25) is 0 Å². The van der Waals surface area contributed by atoms with Crippen molar-refractivity contribution in [3.8, 4) is 0 Å². The van der Waals surface area contributed by atoms with Crippen LogP contribution in [-0.2, 0) is 4.79 Å². The fraction of sp³-hybridized carbons (Fsp3) is 0.571. The first-order valence-corrected chi connectivity index (χ1v) is 3.26. The van der Waals surface area contributed by atoms with Gasteiger partial charge in [-0.25, -0.2) is 4.79 Å². The summed E-state index contributed by atoms with van der Waals surface area (Å²) in [5, 5.41) is 8.62. The number of rotatable bonds is 1. The minimum atomic E-state index is -0.749. The van der Waals surface area contributed by atoms with Gasteiger partial charge in [0.1, 0.15) is 6.04 Å². The first-order chi connectivity index (χ1) is 4.63. The molecule has 0 amide bonds. The molecule has 3 heteroatoms. The highest BCUT2D eigenvalue weighted by Gasteiger charge is 2.28. The van der Waals surface area contributed by atoms with Crippen LogP contribution in [0, 0.1) is 0 Å². The van der Waals surface area contributed by atoms with Gasteiger partial charge in [-0.3, -0.25) is 0 Å². The summed E-state index contributed by atoms with van der Waals surface area (Å²) < 4.78 is 0. The summed E-state index contributed by atoms with van der Waals surface area (Å²) >= 11 is 0. The molecule has 1 rings (SSSR count). The monoisotopic (exact) mass is 141 g/mol. The lowest BCUT2D eigenvalue weighted by Crippen LogP contribution is -2.31. The van der Waals surface area contributed by atoms with Crippen LogP contribution in [-0.4, -0.2) is 29.1 Å². The number of likely N-dealkylation sites (tertiary alicyclic amines) is 1. The van der Waals surface area contributed by atoms with Crippen molar-refractivity contribution in [3.63, 3.8) is 0 Å². The maximum absolute atomic E-state index is 10.5. The van der Waals surface area contributed by atoms with E-state index >= 15 is 0 Å². The fourth-order valence-electron chi connectivity index (χ4n) is 1.18. The Hall–Kier alpha value is -0.990. The van der Waals surface area contributed by atoms with Crippen molar-refractivity contribution in [2.75, 3.05) is 7.05 Å². The molecule has 1 saturated heterocycles. The normalized spacial score (nSPS) is 25.5. The van der Waals surface area contributed by atoms with Gasteiger partial charge in [-0.1, -0.05) is 6.58 Å². The zero-order chi connectivity index (χ0) is 7.72. The lowest BCUT2D eigenvalue weighted by Gasteiger charge is -2.17. The highest BCUT2D eigenvalue weighted by Crippen LogP contribution is 2.23. The molecule has 1 unspecified atom stereocenters. The van der Waals surface area contributed by atoms with Gasteiger partial charge < -0.3 is 10.0 Å². The van der Waals surface area contributed by atoms with E-state index in [-0.39, 0.29) is 6.04 Å². The second-order valence-electron chi connectivity index (χ2n) is 2.57. The van der Waals surface area contributed by atoms with Crippen molar-refractivity contribution in [2.45, 2.75) is 18.9 Å². The van der Waals surface area contributed by atoms with Gasteiger partial charge in [-0.15, -0.1) is 0 Å². The molecule has 1 N–H and O–H groups in total.